The average molecular weight is 297 g/mol. The fraction of sp³-hybridized carbons (Fsp3) is 0.316. The van der Waals surface area contributed by atoms with E-state index in [1.54, 1.807) is 6.07 Å². The van der Waals surface area contributed by atoms with Crippen LogP contribution in [-0.2, 0) is 12.1 Å². The van der Waals surface area contributed by atoms with E-state index in [2.05, 4.69) is 0 Å². The van der Waals surface area contributed by atoms with Crippen LogP contribution in [0.3, 0.4) is 0 Å². The van der Waals surface area contributed by atoms with Crippen LogP contribution in [0.1, 0.15) is 46.5 Å². The van der Waals surface area contributed by atoms with Crippen LogP contribution in [0.15, 0.2) is 36.4 Å². The topological polar surface area (TPSA) is 52.3 Å². The molecule has 0 saturated heterocycles. The molecular formula is C19H23NO2. The highest BCUT2D eigenvalue weighted by Gasteiger charge is 2.16. The Bertz CT molecular complexity index is 664. The minimum atomic E-state index is -0.450. The molecule has 2 rings (SSSR count). The zero-order valence-corrected chi connectivity index (χ0v) is 13.6. The molecule has 0 unspecified atom stereocenters. The van der Waals surface area contributed by atoms with Gasteiger partial charge in [0.1, 0.15) is 18.6 Å². The number of carbonyl (C=O) groups excluding carboxylic acids is 1. The summed E-state index contributed by atoms with van der Waals surface area (Å²) in [4.78, 5) is 11.2. The van der Waals surface area contributed by atoms with E-state index < -0.39 is 5.54 Å². The van der Waals surface area contributed by atoms with Gasteiger partial charge in [-0.25, -0.2) is 0 Å². The van der Waals surface area contributed by atoms with Crippen molar-refractivity contribution in [2.75, 3.05) is 0 Å². The lowest BCUT2D eigenvalue weighted by molar-refractivity contribution is 0.112. The van der Waals surface area contributed by atoms with Gasteiger partial charge in [-0.1, -0.05) is 30.3 Å². The van der Waals surface area contributed by atoms with Crippen molar-refractivity contribution in [2.24, 2.45) is 5.73 Å². The highest BCUT2D eigenvalue weighted by atomic mass is 16.5. The summed E-state index contributed by atoms with van der Waals surface area (Å²) in [6.07, 6.45) is 0.858. The predicted octanol–water partition coefficient (Wildman–Crippen LogP) is 3.89. The summed E-state index contributed by atoms with van der Waals surface area (Å²) in [6.45, 7) is 8.27. The monoisotopic (exact) mass is 297 g/mol. The van der Waals surface area contributed by atoms with Crippen molar-refractivity contribution in [3.8, 4) is 5.75 Å². The Morgan fingerprint density at radius 1 is 1.14 bits per heavy atom. The van der Waals surface area contributed by atoms with E-state index >= 15 is 0 Å². The molecule has 3 nitrogen and oxygen atoms in total. The van der Waals surface area contributed by atoms with E-state index in [1.165, 1.54) is 0 Å². The minimum absolute atomic E-state index is 0.351. The quantitative estimate of drug-likeness (QED) is 0.852. The molecule has 0 aromatic heterocycles. The number of rotatable bonds is 5. The number of aldehydes is 1. The standard InChI is InChI=1S/C19H23NO2/c1-13-6-5-7-14(2)18(13)22-12-16-10-17(19(3,4)20)9-8-15(16)11-21/h5-11H,12,20H2,1-4H3. The average Bonchev–Trinajstić information content (AvgIpc) is 2.45. The van der Waals surface area contributed by atoms with Gasteiger partial charge in [0.05, 0.1) is 0 Å². The van der Waals surface area contributed by atoms with Crippen LogP contribution in [0, 0.1) is 13.8 Å². The fourth-order valence-corrected chi connectivity index (χ4v) is 2.42. The third kappa shape index (κ3) is 3.55. The number of para-hydroxylation sites is 1. The summed E-state index contributed by atoms with van der Waals surface area (Å²) in [5.41, 5.74) is 10.3. The molecule has 2 aromatic rings. The first-order valence-electron chi connectivity index (χ1n) is 7.39. The molecule has 0 bridgehead atoms. The lowest BCUT2D eigenvalue weighted by Crippen LogP contribution is -2.28. The predicted molar refractivity (Wildman–Crippen MR) is 89.3 cm³/mol. The molecule has 0 spiro atoms. The number of nitrogens with two attached hydrogens (primary N) is 1. The second-order valence-corrected chi connectivity index (χ2v) is 6.26. The third-order valence-corrected chi connectivity index (χ3v) is 3.79. The van der Waals surface area contributed by atoms with Crippen molar-refractivity contribution >= 4 is 6.29 Å². The summed E-state index contributed by atoms with van der Waals surface area (Å²) < 4.78 is 5.96. The molecule has 0 saturated carbocycles. The van der Waals surface area contributed by atoms with E-state index in [0.29, 0.717) is 12.2 Å². The molecule has 0 aliphatic heterocycles. The summed E-state index contributed by atoms with van der Waals surface area (Å²) in [5.74, 6) is 0.872. The number of aryl methyl sites for hydroxylation is 2. The second kappa shape index (κ2) is 6.32. The molecule has 0 aliphatic rings. The Morgan fingerprint density at radius 3 is 2.32 bits per heavy atom. The Morgan fingerprint density at radius 2 is 1.77 bits per heavy atom. The van der Waals surface area contributed by atoms with Crippen molar-refractivity contribution < 1.29 is 9.53 Å². The zero-order valence-electron chi connectivity index (χ0n) is 13.6. The first kappa shape index (κ1) is 16.2. The Labute approximate surface area is 132 Å². The maximum absolute atomic E-state index is 11.2. The molecule has 116 valence electrons. The molecule has 0 fully saturated rings. The van der Waals surface area contributed by atoms with Crippen molar-refractivity contribution in [1.82, 2.24) is 0 Å². The smallest absolute Gasteiger partial charge is 0.150 e. The summed E-state index contributed by atoms with van der Waals surface area (Å²) in [7, 11) is 0. The number of hydrogen-bond donors (Lipinski definition) is 1. The Balaban J connectivity index is 2.30. The van der Waals surface area contributed by atoms with Crippen LogP contribution >= 0.6 is 0 Å². The van der Waals surface area contributed by atoms with Gasteiger partial charge in [0.2, 0.25) is 0 Å². The SMILES string of the molecule is Cc1cccc(C)c1OCc1cc(C(C)(C)N)ccc1C=O. The molecule has 0 heterocycles. The van der Waals surface area contributed by atoms with Crippen LogP contribution in [0.5, 0.6) is 5.75 Å². The largest absolute Gasteiger partial charge is 0.488 e. The second-order valence-electron chi connectivity index (χ2n) is 6.26. The van der Waals surface area contributed by atoms with Crippen LogP contribution in [0.2, 0.25) is 0 Å². The molecule has 0 atom stereocenters. The van der Waals surface area contributed by atoms with Crippen LogP contribution in [0.25, 0.3) is 0 Å². The fourth-order valence-electron chi connectivity index (χ4n) is 2.42. The first-order chi connectivity index (χ1) is 10.3. The molecule has 0 aliphatic carbocycles. The number of ether oxygens (including phenoxy) is 1. The molecule has 2 aromatic carbocycles. The van der Waals surface area contributed by atoms with Crippen molar-refractivity contribution in [3.63, 3.8) is 0 Å². The molecule has 0 amide bonds. The van der Waals surface area contributed by atoms with Gasteiger partial charge in [-0.2, -0.15) is 0 Å². The number of benzene rings is 2. The van der Waals surface area contributed by atoms with Crippen LogP contribution in [-0.4, -0.2) is 6.29 Å². The number of hydrogen-bond acceptors (Lipinski definition) is 3. The molecular weight excluding hydrogens is 274 g/mol. The normalized spacial score (nSPS) is 11.3. The van der Waals surface area contributed by atoms with E-state index in [1.807, 2.05) is 58.0 Å². The van der Waals surface area contributed by atoms with E-state index in [9.17, 15) is 4.79 Å². The van der Waals surface area contributed by atoms with Gasteiger partial charge < -0.3 is 10.5 Å². The molecule has 3 heteroatoms. The lowest BCUT2D eigenvalue weighted by atomic mass is 9.92. The summed E-state index contributed by atoms with van der Waals surface area (Å²) in [5, 5.41) is 0. The van der Waals surface area contributed by atoms with Gasteiger partial charge in [0.25, 0.3) is 0 Å². The first-order valence-corrected chi connectivity index (χ1v) is 7.39. The third-order valence-electron chi connectivity index (χ3n) is 3.79. The van der Waals surface area contributed by atoms with Crippen molar-refractivity contribution in [3.05, 3.63) is 64.2 Å². The highest BCUT2D eigenvalue weighted by Crippen LogP contribution is 2.25. The van der Waals surface area contributed by atoms with Gasteiger partial charge in [-0.05, 0) is 50.5 Å². The molecule has 0 radical (unpaired) electrons. The maximum Gasteiger partial charge on any atom is 0.150 e. The molecule has 2 N–H and O–H groups in total. The van der Waals surface area contributed by atoms with Gasteiger partial charge in [0.15, 0.2) is 0 Å². The highest BCUT2D eigenvalue weighted by molar-refractivity contribution is 5.77. The Kier molecular flexibility index (Phi) is 4.67. The van der Waals surface area contributed by atoms with Gasteiger partial charge in [-0.15, -0.1) is 0 Å². The molecule has 22 heavy (non-hydrogen) atoms. The zero-order chi connectivity index (χ0) is 16.3. The van der Waals surface area contributed by atoms with E-state index in [4.69, 9.17) is 10.5 Å². The van der Waals surface area contributed by atoms with E-state index in [-0.39, 0.29) is 0 Å². The van der Waals surface area contributed by atoms with Crippen LogP contribution in [0.4, 0.5) is 0 Å². The summed E-state index contributed by atoms with van der Waals surface area (Å²) >= 11 is 0. The lowest BCUT2D eigenvalue weighted by Gasteiger charge is -2.21. The number of carbonyl (C=O) groups is 1. The maximum atomic E-state index is 11.2. The summed E-state index contributed by atoms with van der Waals surface area (Å²) in [6, 6.07) is 11.7. The van der Waals surface area contributed by atoms with E-state index in [0.717, 1.165) is 34.3 Å². The van der Waals surface area contributed by atoms with Gasteiger partial charge >= 0.3 is 0 Å². The van der Waals surface area contributed by atoms with Gasteiger partial charge in [-0.3, -0.25) is 4.79 Å². The Hall–Kier alpha value is -2.13. The minimum Gasteiger partial charge on any atom is -0.488 e. The van der Waals surface area contributed by atoms with Crippen molar-refractivity contribution in [2.45, 2.75) is 39.8 Å². The van der Waals surface area contributed by atoms with Crippen molar-refractivity contribution in [1.29, 1.82) is 0 Å². The van der Waals surface area contributed by atoms with Crippen LogP contribution < -0.4 is 10.5 Å². The van der Waals surface area contributed by atoms with Gasteiger partial charge in [0, 0.05) is 16.7 Å².